The van der Waals surface area contributed by atoms with E-state index in [1.807, 2.05) is 12.1 Å². The van der Waals surface area contributed by atoms with Crippen molar-refractivity contribution in [1.29, 1.82) is 0 Å². The number of anilines is 2. The Morgan fingerprint density at radius 2 is 1.71 bits per heavy atom. The summed E-state index contributed by atoms with van der Waals surface area (Å²) in [5.41, 5.74) is 12.7. The van der Waals surface area contributed by atoms with E-state index in [1.54, 1.807) is 0 Å². The van der Waals surface area contributed by atoms with Gasteiger partial charge < -0.3 is 11.1 Å². The summed E-state index contributed by atoms with van der Waals surface area (Å²) in [6, 6.07) is 12.6. The van der Waals surface area contributed by atoms with E-state index < -0.39 is 0 Å². The zero-order valence-corrected chi connectivity index (χ0v) is 13.7. The lowest BCUT2D eigenvalue weighted by Crippen LogP contribution is -2.13. The van der Waals surface area contributed by atoms with Crippen LogP contribution in [0.25, 0.3) is 0 Å². The van der Waals surface area contributed by atoms with E-state index in [2.05, 4.69) is 50.4 Å². The van der Waals surface area contributed by atoms with Crippen molar-refractivity contribution >= 4 is 28.6 Å². The zero-order chi connectivity index (χ0) is 15.4. The fourth-order valence-electron chi connectivity index (χ4n) is 2.51. The van der Waals surface area contributed by atoms with Gasteiger partial charge in [-0.2, -0.15) is 0 Å². The first kappa shape index (κ1) is 15.5. The van der Waals surface area contributed by atoms with Gasteiger partial charge in [0.05, 0.1) is 0 Å². The lowest BCUT2D eigenvalue weighted by molar-refractivity contribution is 1.09. The van der Waals surface area contributed by atoms with Crippen LogP contribution < -0.4 is 11.1 Å². The molecule has 2 aromatic carbocycles. The van der Waals surface area contributed by atoms with E-state index in [0.717, 1.165) is 24.1 Å². The average molecular weight is 298 g/mol. The van der Waals surface area contributed by atoms with Gasteiger partial charge in [0.25, 0.3) is 0 Å². The van der Waals surface area contributed by atoms with Crippen molar-refractivity contribution in [2.45, 2.75) is 33.6 Å². The smallest absolute Gasteiger partial charge is 0.106 e. The van der Waals surface area contributed by atoms with Gasteiger partial charge >= 0.3 is 0 Å². The van der Waals surface area contributed by atoms with Crippen molar-refractivity contribution in [2.75, 3.05) is 5.32 Å². The van der Waals surface area contributed by atoms with Gasteiger partial charge in [-0.05, 0) is 48.6 Å². The standard InChI is InChI=1S/C18H22N2S/c1-4-13-7-6-8-14(5-2)17(13)20-16-11-12(3)9-10-15(16)18(19)21/h6-11,20H,4-5H2,1-3H3,(H2,19,21). The van der Waals surface area contributed by atoms with Gasteiger partial charge in [-0.1, -0.05) is 50.3 Å². The van der Waals surface area contributed by atoms with Crippen molar-refractivity contribution in [3.8, 4) is 0 Å². The molecule has 2 aromatic rings. The van der Waals surface area contributed by atoms with Crippen LogP contribution in [0.5, 0.6) is 0 Å². The van der Waals surface area contributed by atoms with Crippen LogP contribution in [0.3, 0.4) is 0 Å². The van der Waals surface area contributed by atoms with E-state index in [9.17, 15) is 0 Å². The van der Waals surface area contributed by atoms with Gasteiger partial charge in [0.15, 0.2) is 0 Å². The Labute approximate surface area is 132 Å². The summed E-state index contributed by atoms with van der Waals surface area (Å²) in [6.07, 6.45) is 1.98. The minimum absolute atomic E-state index is 0.421. The van der Waals surface area contributed by atoms with Gasteiger partial charge in [0.1, 0.15) is 4.99 Å². The Balaban J connectivity index is 2.52. The molecule has 2 rings (SSSR count). The molecular formula is C18H22N2S. The molecule has 0 atom stereocenters. The molecule has 0 spiro atoms. The summed E-state index contributed by atoms with van der Waals surface area (Å²) in [5, 5.41) is 3.57. The molecule has 0 bridgehead atoms. The second kappa shape index (κ2) is 6.72. The maximum absolute atomic E-state index is 5.85. The van der Waals surface area contributed by atoms with Crippen molar-refractivity contribution in [2.24, 2.45) is 5.73 Å². The minimum atomic E-state index is 0.421. The number of aryl methyl sites for hydroxylation is 3. The highest BCUT2D eigenvalue weighted by molar-refractivity contribution is 7.80. The topological polar surface area (TPSA) is 38.0 Å². The van der Waals surface area contributed by atoms with Crippen LogP contribution in [0, 0.1) is 6.92 Å². The Hall–Kier alpha value is -1.87. The Morgan fingerprint density at radius 1 is 1.10 bits per heavy atom. The molecule has 3 N–H and O–H groups in total. The average Bonchev–Trinajstić information content (AvgIpc) is 2.47. The molecule has 0 unspecified atom stereocenters. The first-order valence-electron chi connectivity index (χ1n) is 7.35. The van der Waals surface area contributed by atoms with Gasteiger partial charge in [0, 0.05) is 16.9 Å². The van der Waals surface area contributed by atoms with Crippen LogP contribution in [0.1, 0.15) is 36.1 Å². The summed E-state index contributed by atoms with van der Waals surface area (Å²) in [4.78, 5) is 0.421. The van der Waals surface area contributed by atoms with Gasteiger partial charge in [0.2, 0.25) is 0 Å². The Bertz CT molecular complexity index is 640. The molecule has 110 valence electrons. The summed E-state index contributed by atoms with van der Waals surface area (Å²) in [6.45, 7) is 6.41. The van der Waals surface area contributed by atoms with Gasteiger partial charge in [-0.3, -0.25) is 0 Å². The molecule has 0 aliphatic carbocycles. The third-order valence-electron chi connectivity index (χ3n) is 3.70. The number of hydrogen-bond donors (Lipinski definition) is 2. The summed E-state index contributed by atoms with van der Waals surface area (Å²) in [5.74, 6) is 0. The largest absolute Gasteiger partial charge is 0.389 e. The van der Waals surface area contributed by atoms with Crippen LogP contribution in [0.15, 0.2) is 36.4 Å². The molecule has 0 aliphatic heterocycles. The molecule has 0 aliphatic rings. The first-order chi connectivity index (χ1) is 10.1. The van der Waals surface area contributed by atoms with Crippen LogP contribution >= 0.6 is 12.2 Å². The van der Waals surface area contributed by atoms with Gasteiger partial charge in [-0.25, -0.2) is 0 Å². The fourth-order valence-corrected chi connectivity index (χ4v) is 2.69. The lowest BCUT2D eigenvalue weighted by Gasteiger charge is -2.18. The number of nitrogens with one attached hydrogen (secondary N) is 1. The van der Waals surface area contributed by atoms with E-state index in [4.69, 9.17) is 18.0 Å². The quantitative estimate of drug-likeness (QED) is 0.798. The second-order valence-corrected chi connectivity index (χ2v) is 5.64. The van der Waals surface area contributed by atoms with Gasteiger partial charge in [-0.15, -0.1) is 0 Å². The lowest BCUT2D eigenvalue weighted by atomic mass is 10.0. The first-order valence-corrected chi connectivity index (χ1v) is 7.75. The number of thiocarbonyl (C=S) groups is 1. The Kier molecular flexibility index (Phi) is 4.97. The molecule has 0 amide bonds. The molecule has 3 heteroatoms. The third-order valence-corrected chi connectivity index (χ3v) is 3.92. The fraction of sp³-hybridized carbons (Fsp3) is 0.278. The molecule has 0 heterocycles. The summed E-state index contributed by atoms with van der Waals surface area (Å²) >= 11 is 5.17. The summed E-state index contributed by atoms with van der Waals surface area (Å²) in [7, 11) is 0. The normalized spacial score (nSPS) is 10.4. The molecule has 2 nitrogen and oxygen atoms in total. The van der Waals surface area contributed by atoms with Crippen molar-refractivity contribution in [1.82, 2.24) is 0 Å². The molecule has 0 radical (unpaired) electrons. The number of para-hydroxylation sites is 1. The molecule has 0 saturated heterocycles. The second-order valence-electron chi connectivity index (χ2n) is 5.20. The van der Waals surface area contributed by atoms with E-state index >= 15 is 0 Å². The van der Waals surface area contributed by atoms with Crippen LogP contribution in [-0.2, 0) is 12.8 Å². The van der Waals surface area contributed by atoms with E-state index in [1.165, 1.54) is 22.4 Å². The molecule has 0 fully saturated rings. The monoisotopic (exact) mass is 298 g/mol. The van der Waals surface area contributed by atoms with Crippen LogP contribution in [-0.4, -0.2) is 4.99 Å². The van der Waals surface area contributed by atoms with E-state index in [0.29, 0.717) is 4.99 Å². The molecule has 0 aromatic heterocycles. The number of rotatable bonds is 5. The highest BCUT2D eigenvalue weighted by Crippen LogP contribution is 2.29. The number of hydrogen-bond acceptors (Lipinski definition) is 2. The minimum Gasteiger partial charge on any atom is -0.389 e. The highest BCUT2D eigenvalue weighted by Gasteiger charge is 2.10. The predicted molar refractivity (Wildman–Crippen MR) is 95.5 cm³/mol. The molecular weight excluding hydrogens is 276 g/mol. The number of nitrogens with two attached hydrogens (primary N) is 1. The zero-order valence-electron chi connectivity index (χ0n) is 12.9. The van der Waals surface area contributed by atoms with Crippen LogP contribution in [0.2, 0.25) is 0 Å². The predicted octanol–water partition coefficient (Wildman–Crippen LogP) is 4.50. The molecule has 0 saturated carbocycles. The van der Waals surface area contributed by atoms with Crippen LogP contribution in [0.4, 0.5) is 11.4 Å². The van der Waals surface area contributed by atoms with Crippen molar-refractivity contribution < 1.29 is 0 Å². The van der Waals surface area contributed by atoms with E-state index in [-0.39, 0.29) is 0 Å². The Morgan fingerprint density at radius 3 is 2.24 bits per heavy atom. The third kappa shape index (κ3) is 3.42. The van der Waals surface area contributed by atoms with Crippen molar-refractivity contribution in [3.63, 3.8) is 0 Å². The van der Waals surface area contributed by atoms with Crippen molar-refractivity contribution in [3.05, 3.63) is 58.7 Å². The SMILES string of the molecule is CCc1cccc(CC)c1Nc1cc(C)ccc1C(N)=S. The maximum atomic E-state index is 5.85. The maximum Gasteiger partial charge on any atom is 0.106 e. The molecule has 21 heavy (non-hydrogen) atoms. The summed E-state index contributed by atoms with van der Waals surface area (Å²) < 4.78 is 0. The number of benzene rings is 2. The highest BCUT2D eigenvalue weighted by atomic mass is 32.1.